The first kappa shape index (κ1) is 53.8. The van der Waals surface area contributed by atoms with E-state index in [4.69, 9.17) is 9.05 Å². The number of hydrogen-bond donors (Lipinski definition) is 9. The number of nitrogens with one attached hydrogen (secondary N) is 1. The fourth-order valence-corrected chi connectivity index (χ4v) is 8.02. The second-order valence-corrected chi connectivity index (χ2v) is 17.5. The molecule has 1 fully saturated rings. The topological polar surface area (TPSA) is 226 Å². The third kappa shape index (κ3) is 25.9. The van der Waals surface area contributed by atoms with E-state index in [0.29, 0.717) is 12.8 Å². The van der Waals surface area contributed by atoms with Crippen molar-refractivity contribution in [3.63, 3.8) is 0 Å². The molecule has 13 nitrogen and oxygen atoms in total. The lowest BCUT2D eigenvalue weighted by atomic mass is 9.85. The van der Waals surface area contributed by atoms with Crippen LogP contribution in [0.25, 0.3) is 0 Å². The van der Waals surface area contributed by atoms with Crippen molar-refractivity contribution in [2.75, 3.05) is 6.61 Å². The largest absolute Gasteiger partial charge is 0.472 e. The van der Waals surface area contributed by atoms with Gasteiger partial charge < -0.3 is 46.0 Å². The summed E-state index contributed by atoms with van der Waals surface area (Å²) in [6.45, 7) is 3.65. The standard InChI is InChI=1S/C43H82NO12P/c1-3-5-7-9-11-12-13-14-15-16-17-18-19-20-21-22-23-25-26-28-30-34(45)32-37(47)44-35(36(46)31-29-27-24-10-8-6-4-2)33-55-57(53,54)56-43-41(51)39(49)38(48)40(50)42(43)52/h19-20,29,31,34-36,38-43,45-46,48-52H,3-18,21-28,30,32-33H2,1-2H3,(H,44,47)(H,53,54)/b20-19-,31-29+. The number of hydrogen-bond acceptors (Lipinski definition) is 11. The fourth-order valence-electron chi connectivity index (χ4n) is 7.06. The maximum atomic E-state index is 12.9. The molecule has 1 aliphatic carbocycles. The highest BCUT2D eigenvalue weighted by molar-refractivity contribution is 7.47. The number of allylic oxidation sites excluding steroid dienone is 3. The minimum atomic E-state index is -5.13. The molecular weight excluding hydrogens is 753 g/mol. The Morgan fingerprint density at radius 3 is 1.49 bits per heavy atom. The third-order valence-corrected chi connectivity index (χ3v) is 11.8. The van der Waals surface area contributed by atoms with Crippen LogP contribution >= 0.6 is 7.82 Å². The quantitative estimate of drug-likeness (QED) is 0.0180. The first-order valence-corrected chi connectivity index (χ1v) is 23.9. The van der Waals surface area contributed by atoms with Gasteiger partial charge in [0.05, 0.1) is 31.3 Å². The lowest BCUT2D eigenvalue weighted by molar-refractivity contribution is -0.220. The Morgan fingerprint density at radius 2 is 1.02 bits per heavy atom. The number of aliphatic hydroxyl groups is 7. The number of phosphoric acid groups is 1. The Kier molecular flexibility index (Phi) is 31.6. The van der Waals surface area contributed by atoms with Crippen molar-refractivity contribution >= 4 is 13.7 Å². The fraction of sp³-hybridized carbons (Fsp3) is 0.884. The van der Waals surface area contributed by atoms with Crippen LogP contribution in [0.1, 0.15) is 181 Å². The van der Waals surface area contributed by atoms with Crippen molar-refractivity contribution in [3.8, 4) is 0 Å². The zero-order chi connectivity index (χ0) is 42.3. The van der Waals surface area contributed by atoms with Crippen molar-refractivity contribution in [3.05, 3.63) is 24.3 Å². The summed E-state index contributed by atoms with van der Waals surface area (Å²) in [5, 5.41) is 74.0. The predicted molar refractivity (Wildman–Crippen MR) is 224 cm³/mol. The highest BCUT2D eigenvalue weighted by atomic mass is 31.2. The molecule has 336 valence electrons. The SMILES string of the molecule is CCCCCCC/C=C/C(O)C(COP(=O)(O)OC1C(O)C(O)C(O)C(O)C1O)NC(=O)CC(O)CCCCCCC/C=C\CCCCCCCCCCCCC. The zero-order valence-electron chi connectivity index (χ0n) is 35.3. The van der Waals surface area contributed by atoms with Crippen LogP contribution < -0.4 is 5.32 Å². The lowest BCUT2D eigenvalue weighted by Crippen LogP contribution is -2.64. The second-order valence-electron chi connectivity index (χ2n) is 16.1. The number of aliphatic hydroxyl groups excluding tert-OH is 7. The van der Waals surface area contributed by atoms with Gasteiger partial charge in [-0.2, -0.15) is 0 Å². The molecule has 1 aliphatic rings. The molecule has 0 spiro atoms. The molecule has 0 bridgehead atoms. The third-order valence-electron chi connectivity index (χ3n) is 10.8. The summed E-state index contributed by atoms with van der Waals surface area (Å²) in [4.78, 5) is 23.3. The maximum Gasteiger partial charge on any atom is 0.472 e. The van der Waals surface area contributed by atoms with Gasteiger partial charge in [0.25, 0.3) is 0 Å². The molecule has 0 aromatic rings. The smallest absolute Gasteiger partial charge is 0.393 e. The average Bonchev–Trinajstić information content (AvgIpc) is 3.18. The Morgan fingerprint density at radius 1 is 0.614 bits per heavy atom. The molecule has 0 aromatic carbocycles. The van der Waals surface area contributed by atoms with Gasteiger partial charge in [-0.15, -0.1) is 0 Å². The van der Waals surface area contributed by atoms with Crippen LogP contribution in [0.5, 0.6) is 0 Å². The van der Waals surface area contributed by atoms with E-state index in [0.717, 1.165) is 77.0 Å². The van der Waals surface area contributed by atoms with Crippen LogP contribution in [-0.4, -0.2) is 108 Å². The van der Waals surface area contributed by atoms with Crippen LogP contribution in [0, 0.1) is 0 Å². The molecule has 0 saturated heterocycles. The van der Waals surface area contributed by atoms with Crippen LogP contribution in [0.15, 0.2) is 24.3 Å². The minimum absolute atomic E-state index is 0.250. The minimum Gasteiger partial charge on any atom is -0.393 e. The van der Waals surface area contributed by atoms with Gasteiger partial charge in [0.1, 0.15) is 36.6 Å². The second kappa shape index (κ2) is 33.5. The molecular formula is C43H82NO12P. The molecule has 8 unspecified atom stereocenters. The van der Waals surface area contributed by atoms with E-state index in [1.807, 2.05) is 0 Å². The van der Waals surface area contributed by atoms with E-state index >= 15 is 0 Å². The summed E-state index contributed by atoms with van der Waals surface area (Å²) in [5.41, 5.74) is 0. The maximum absolute atomic E-state index is 12.9. The lowest BCUT2D eigenvalue weighted by Gasteiger charge is -2.41. The van der Waals surface area contributed by atoms with Crippen molar-refractivity contribution in [2.45, 2.75) is 236 Å². The van der Waals surface area contributed by atoms with Gasteiger partial charge in [0, 0.05) is 0 Å². The van der Waals surface area contributed by atoms with Gasteiger partial charge in [-0.05, 0) is 44.9 Å². The normalized spacial score (nSPS) is 24.2. The monoisotopic (exact) mass is 836 g/mol. The van der Waals surface area contributed by atoms with E-state index in [9.17, 15) is 50.0 Å². The van der Waals surface area contributed by atoms with E-state index in [2.05, 4.69) is 31.3 Å². The van der Waals surface area contributed by atoms with E-state index < -0.39 is 75.2 Å². The molecule has 1 rings (SSSR count). The van der Waals surface area contributed by atoms with Gasteiger partial charge in [-0.25, -0.2) is 4.57 Å². The van der Waals surface area contributed by atoms with Gasteiger partial charge in [0.2, 0.25) is 5.91 Å². The average molecular weight is 836 g/mol. The molecule has 57 heavy (non-hydrogen) atoms. The Bertz CT molecular complexity index is 1080. The predicted octanol–water partition coefficient (Wildman–Crippen LogP) is 6.81. The summed E-state index contributed by atoms with van der Waals surface area (Å²) in [6.07, 6.45) is 21.8. The van der Waals surface area contributed by atoms with E-state index in [1.165, 1.54) is 76.7 Å². The molecule has 14 heteroatoms. The molecule has 9 N–H and O–H groups in total. The summed E-state index contributed by atoms with van der Waals surface area (Å²) >= 11 is 0. The number of carbonyl (C=O) groups excluding carboxylic acids is 1. The number of unbranched alkanes of at least 4 members (excludes halogenated alkanes) is 21. The van der Waals surface area contributed by atoms with Gasteiger partial charge in [-0.3, -0.25) is 13.8 Å². The summed E-state index contributed by atoms with van der Waals surface area (Å²) in [6, 6.07) is -1.24. The Hall–Kier alpha value is -1.22. The molecule has 1 saturated carbocycles. The summed E-state index contributed by atoms with van der Waals surface area (Å²) in [7, 11) is -5.13. The van der Waals surface area contributed by atoms with Gasteiger partial charge in [-0.1, -0.05) is 154 Å². The molecule has 8 atom stereocenters. The van der Waals surface area contributed by atoms with Crippen LogP contribution in [0.2, 0.25) is 0 Å². The first-order chi connectivity index (χ1) is 27.3. The molecule has 0 aliphatic heterocycles. The van der Waals surface area contributed by atoms with Crippen LogP contribution in [0.3, 0.4) is 0 Å². The molecule has 0 heterocycles. The van der Waals surface area contributed by atoms with Crippen LogP contribution in [-0.2, 0) is 18.4 Å². The van der Waals surface area contributed by atoms with Crippen molar-refractivity contribution in [1.29, 1.82) is 0 Å². The van der Waals surface area contributed by atoms with E-state index in [-0.39, 0.29) is 6.42 Å². The van der Waals surface area contributed by atoms with Crippen molar-refractivity contribution in [2.24, 2.45) is 0 Å². The van der Waals surface area contributed by atoms with Crippen LogP contribution in [0.4, 0.5) is 0 Å². The summed E-state index contributed by atoms with van der Waals surface area (Å²) in [5.74, 6) is -0.602. The molecule has 0 aromatic heterocycles. The number of rotatable bonds is 36. The van der Waals surface area contributed by atoms with Gasteiger partial charge >= 0.3 is 7.82 Å². The summed E-state index contributed by atoms with van der Waals surface area (Å²) < 4.78 is 22.7. The first-order valence-electron chi connectivity index (χ1n) is 22.4. The highest BCUT2D eigenvalue weighted by Crippen LogP contribution is 2.47. The number of carbonyl (C=O) groups is 1. The molecule has 0 radical (unpaired) electrons. The zero-order valence-corrected chi connectivity index (χ0v) is 36.1. The van der Waals surface area contributed by atoms with Crippen molar-refractivity contribution in [1.82, 2.24) is 5.32 Å². The van der Waals surface area contributed by atoms with Gasteiger partial charge in [0.15, 0.2) is 0 Å². The Balaban J connectivity index is 2.42. The number of phosphoric ester groups is 1. The Labute approximate surface area is 344 Å². The van der Waals surface area contributed by atoms with Crippen molar-refractivity contribution < 1.29 is 59.0 Å². The van der Waals surface area contributed by atoms with E-state index in [1.54, 1.807) is 6.08 Å². The molecule has 1 amide bonds. The number of amides is 1. The highest BCUT2D eigenvalue weighted by Gasteiger charge is 2.51.